The number of phenolic OH excluding ortho intramolecular Hbond substituents is 1. The Morgan fingerprint density at radius 1 is 1.05 bits per heavy atom. The summed E-state index contributed by atoms with van der Waals surface area (Å²) in [6.45, 7) is 1.97. The molecule has 22 heavy (non-hydrogen) atoms. The maximum Gasteiger partial charge on any atom is 0.259 e. The van der Waals surface area contributed by atoms with Gasteiger partial charge in [-0.25, -0.2) is 0 Å². The quantitative estimate of drug-likeness (QED) is 0.717. The highest BCUT2D eigenvalue weighted by Gasteiger charge is 2.16. The lowest BCUT2D eigenvalue weighted by Gasteiger charge is -2.10. The summed E-state index contributed by atoms with van der Waals surface area (Å²) in [4.78, 5) is 12.4. The number of rotatable bonds is 2. The molecule has 0 heterocycles. The summed E-state index contributed by atoms with van der Waals surface area (Å²) < 4.78 is 0. The minimum atomic E-state index is -0.394. The van der Waals surface area contributed by atoms with Gasteiger partial charge in [0.15, 0.2) is 0 Å². The van der Waals surface area contributed by atoms with Crippen molar-refractivity contribution < 1.29 is 9.90 Å². The van der Waals surface area contributed by atoms with Gasteiger partial charge in [-0.05, 0) is 25.1 Å². The molecule has 0 unspecified atom stereocenters. The zero-order valence-corrected chi connectivity index (χ0v) is 12.7. The Morgan fingerprint density at radius 3 is 2.36 bits per heavy atom. The number of aryl methyl sites for hydroxylation is 1. The molecule has 0 aliphatic heterocycles. The Labute approximate surface area is 133 Å². The standard InChI is InChI=1S/C18H14ClNO2/c1-11-6-8-12(9-7-11)20-18(22)15-10-16(19)13-4-2-3-5-14(13)17(15)21/h2-10,21H,1H3,(H,20,22). The second-order valence-corrected chi connectivity index (χ2v) is 5.53. The zero-order chi connectivity index (χ0) is 15.7. The number of carbonyl (C=O) groups excluding carboxylic acids is 1. The number of nitrogens with one attached hydrogen (secondary N) is 1. The van der Waals surface area contributed by atoms with Crippen LogP contribution in [-0.2, 0) is 0 Å². The van der Waals surface area contributed by atoms with Gasteiger partial charge in [0, 0.05) is 21.5 Å². The number of halogens is 1. The van der Waals surface area contributed by atoms with Gasteiger partial charge in [0.25, 0.3) is 5.91 Å². The van der Waals surface area contributed by atoms with Gasteiger partial charge in [-0.1, -0.05) is 53.6 Å². The van der Waals surface area contributed by atoms with E-state index in [1.165, 1.54) is 6.07 Å². The van der Waals surface area contributed by atoms with Gasteiger partial charge in [-0.3, -0.25) is 4.79 Å². The van der Waals surface area contributed by atoms with Gasteiger partial charge in [0.2, 0.25) is 0 Å². The number of benzene rings is 3. The van der Waals surface area contributed by atoms with Crippen LogP contribution in [0.15, 0.2) is 54.6 Å². The molecule has 3 aromatic rings. The zero-order valence-electron chi connectivity index (χ0n) is 11.9. The maximum atomic E-state index is 12.4. The third-order valence-corrected chi connectivity index (χ3v) is 3.83. The normalized spacial score (nSPS) is 10.6. The highest BCUT2D eigenvalue weighted by molar-refractivity contribution is 6.36. The molecule has 110 valence electrons. The monoisotopic (exact) mass is 311 g/mol. The summed E-state index contributed by atoms with van der Waals surface area (Å²) in [6.07, 6.45) is 0. The smallest absolute Gasteiger partial charge is 0.259 e. The largest absolute Gasteiger partial charge is 0.506 e. The lowest BCUT2D eigenvalue weighted by molar-refractivity contribution is 0.102. The average Bonchev–Trinajstić information content (AvgIpc) is 2.53. The van der Waals surface area contributed by atoms with Crippen molar-refractivity contribution in [2.75, 3.05) is 5.32 Å². The first-order valence-electron chi connectivity index (χ1n) is 6.84. The number of anilines is 1. The van der Waals surface area contributed by atoms with Crippen molar-refractivity contribution in [3.8, 4) is 5.75 Å². The Balaban J connectivity index is 2.00. The molecule has 2 N–H and O–H groups in total. The second-order valence-electron chi connectivity index (χ2n) is 5.12. The van der Waals surface area contributed by atoms with Crippen molar-refractivity contribution in [3.05, 3.63) is 70.7 Å². The van der Waals surface area contributed by atoms with Crippen LogP contribution in [0.2, 0.25) is 5.02 Å². The van der Waals surface area contributed by atoms with E-state index in [1.807, 2.05) is 37.3 Å². The molecule has 0 radical (unpaired) electrons. The molecule has 0 spiro atoms. The molecule has 0 aliphatic rings. The van der Waals surface area contributed by atoms with Crippen LogP contribution in [0.3, 0.4) is 0 Å². The number of hydrogen-bond donors (Lipinski definition) is 2. The Hall–Kier alpha value is -2.52. The van der Waals surface area contributed by atoms with Gasteiger partial charge < -0.3 is 10.4 Å². The van der Waals surface area contributed by atoms with E-state index in [-0.39, 0.29) is 11.3 Å². The molecule has 3 nitrogen and oxygen atoms in total. The van der Waals surface area contributed by atoms with E-state index in [9.17, 15) is 9.90 Å². The molecule has 3 aromatic carbocycles. The van der Waals surface area contributed by atoms with Crippen molar-refractivity contribution in [1.82, 2.24) is 0 Å². The summed E-state index contributed by atoms with van der Waals surface area (Å²) in [5, 5.41) is 14.8. The first-order chi connectivity index (χ1) is 10.6. The molecular formula is C18H14ClNO2. The van der Waals surface area contributed by atoms with Crippen LogP contribution in [0.4, 0.5) is 5.69 Å². The molecule has 0 aliphatic carbocycles. The van der Waals surface area contributed by atoms with Crippen molar-refractivity contribution >= 4 is 34.0 Å². The fraction of sp³-hybridized carbons (Fsp3) is 0.0556. The minimum Gasteiger partial charge on any atom is -0.506 e. The van der Waals surface area contributed by atoms with E-state index in [0.29, 0.717) is 21.5 Å². The van der Waals surface area contributed by atoms with Gasteiger partial charge in [0.1, 0.15) is 5.75 Å². The summed E-state index contributed by atoms with van der Waals surface area (Å²) >= 11 is 6.21. The molecule has 0 saturated carbocycles. The average molecular weight is 312 g/mol. The van der Waals surface area contributed by atoms with Gasteiger partial charge in [-0.15, -0.1) is 0 Å². The molecular weight excluding hydrogens is 298 g/mol. The van der Waals surface area contributed by atoms with Crippen molar-refractivity contribution in [2.45, 2.75) is 6.92 Å². The Bertz CT molecular complexity index is 857. The Morgan fingerprint density at radius 2 is 1.68 bits per heavy atom. The number of aromatic hydroxyl groups is 1. The lowest BCUT2D eigenvalue weighted by atomic mass is 10.0. The van der Waals surface area contributed by atoms with E-state index in [0.717, 1.165) is 5.56 Å². The molecule has 0 aromatic heterocycles. The van der Waals surface area contributed by atoms with Crippen LogP contribution in [0.1, 0.15) is 15.9 Å². The molecule has 3 rings (SSSR count). The van der Waals surface area contributed by atoms with Crippen molar-refractivity contribution in [1.29, 1.82) is 0 Å². The highest BCUT2D eigenvalue weighted by Crippen LogP contribution is 2.34. The van der Waals surface area contributed by atoms with Gasteiger partial charge in [-0.2, -0.15) is 0 Å². The van der Waals surface area contributed by atoms with Gasteiger partial charge in [0.05, 0.1) is 5.56 Å². The fourth-order valence-electron chi connectivity index (χ4n) is 2.32. The van der Waals surface area contributed by atoms with Crippen LogP contribution < -0.4 is 5.32 Å². The van der Waals surface area contributed by atoms with Crippen LogP contribution in [-0.4, -0.2) is 11.0 Å². The predicted molar refractivity (Wildman–Crippen MR) is 89.8 cm³/mol. The van der Waals surface area contributed by atoms with Crippen molar-refractivity contribution in [2.24, 2.45) is 0 Å². The number of fused-ring (bicyclic) bond motifs is 1. The van der Waals surface area contributed by atoms with Crippen LogP contribution >= 0.6 is 11.6 Å². The fourth-order valence-corrected chi connectivity index (χ4v) is 2.60. The SMILES string of the molecule is Cc1ccc(NC(=O)c2cc(Cl)c3ccccc3c2O)cc1. The predicted octanol–water partition coefficient (Wildman–Crippen LogP) is 4.76. The number of hydrogen-bond acceptors (Lipinski definition) is 2. The summed E-state index contributed by atoms with van der Waals surface area (Å²) in [5.74, 6) is -0.460. The van der Waals surface area contributed by atoms with Crippen molar-refractivity contribution in [3.63, 3.8) is 0 Å². The van der Waals surface area contributed by atoms with Crippen LogP contribution in [0.5, 0.6) is 5.75 Å². The van der Waals surface area contributed by atoms with E-state index >= 15 is 0 Å². The topological polar surface area (TPSA) is 49.3 Å². The molecule has 0 bridgehead atoms. The highest BCUT2D eigenvalue weighted by atomic mass is 35.5. The van der Waals surface area contributed by atoms with E-state index in [2.05, 4.69) is 5.32 Å². The molecule has 0 atom stereocenters. The third-order valence-electron chi connectivity index (χ3n) is 3.52. The summed E-state index contributed by atoms with van der Waals surface area (Å²) in [6, 6.07) is 16.1. The van der Waals surface area contributed by atoms with E-state index in [4.69, 9.17) is 11.6 Å². The lowest BCUT2D eigenvalue weighted by Crippen LogP contribution is -2.12. The van der Waals surface area contributed by atoms with E-state index in [1.54, 1.807) is 18.2 Å². The molecule has 0 fully saturated rings. The summed E-state index contributed by atoms with van der Waals surface area (Å²) in [7, 11) is 0. The number of amides is 1. The van der Waals surface area contributed by atoms with E-state index < -0.39 is 5.91 Å². The third kappa shape index (κ3) is 2.63. The molecule has 4 heteroatoms. The van der Waals surface area contributed by atoms with Gasteiger partial charge >= 0.3 is 0 Å². The van der Waals surface area contributed by atoms with Crippen LogP contribution in [0.25, 0.3) is 10.8 Å². The maximum absolute atomic E-state index is 12.4. The number of phenols is 1. The minimum absolute atomic E-state index is 0.0652. The molecule has 0 saturated heterocycles. The first-order valence-corrected chi connectivity index (χ1v) is 7.22. The summed E-state index contributed by atoms with van der Waals surface area (Å²) in [5.41, 5.74) is 1.93. The first kappa shape index (κ1) is 14.4. The van der Waals surface area contributed by atoms with Crippen LogP contribution in [0, 0.1) is 6.92 Å². The number of carbonyl (C=O) groups is 1. The Kier molecular flexibility index (Phi) is 3.73. The second kappa shape index (κ2) is 5.70. The molecule has 1 amide bonds.